The third kappa shape index (κ3) is 13.4. The predicted molar refractivity (Wildman–Crippen MR) is 136 cm³/mol. The Balaban J connectivity index is 0.00000119. The van der Waals surface area contributed by atoms with E-state index in [9.17, 15) is 30.0 Å². The molecule has 16 heteroatoms. The molecule has 0 radical (unpaired) electrons. The number of carbonyl (C=O) groups is 1. The minimum atomic E-state index is -10.7. The van der Waals surface area contributed by atoms with Gasteiger partial charge in [-0.1, -0.05) is 47.6 Å². The van der Waals surface area contributed by atoms with Gasteiger partial charge in [0.05, 0.1) is 30.3 Å². The Bertz CT molecular complexity index is 1260. The Hall–Kier alpha value is -2.94. The van der Waals surface area contributed by atoms with E-state index in [1.165, 1.54) is 14.0 Å². The van der Waals surface area contributed by atoms with Crippen molar-refractivity contribution in [1.29, 1.82) is 5.26 Å². The fourth-order valence-corrected chi connectivity index (χ4v) is 2.95. The first kappa shape index (κ1) is 37.1. The van der Waals surface area contributed by atoms with Crippen molar-refractivity contribution in [3.05, 3.63) is 65.5 Å². The van der Waals surface area contributed by atoms with Gasteiger partial charge in [-0.05, 0) is 24.3 Å². The van der Waals surface area contributed by atoms with E-state index in [0.717, 1.165) is 11.4 Å². The van der Waals surface area contributed by atoms with Gasteiger partial charge >= 0.3 is 56.0 Å². The number of esters is 1. The zero-order valence-electron chi connectivity index (χ0n) is 23.1. The monoisotopic (exact) mass is 644 g/mol. The molecule has 0 saturated heterocycles. The van der Waals surface area contributed by atoms with Gasteiger partial charge in [-0.15, -0.1) is 0 Å². The minimum absolute atomic E-state index is 0. The van der Waals surface area contributed by atoms with Crippen LogP contribution in [0.25, 0.3) is 0 Å². The van der Waals surface area contributed by atoms with Gasteiger partial charge in [-0.25, -0.2) is 19.1 Å². The summed E-state index contributed by atoms with van der Waals surface area (Å²) in [6.07, 6.45) is 3.43. The molecule has 228 valence electrons. The average Bonchev–Trinajstić information content (AvgIpc) is 3.42. The molecule has 0 aliphatic heterocycles. The predicted octanol–water partition coefficient (Wildman–Crippen LogP) is 7.86. The molecule has 0 spiro atoms. The van der Waals surface area contributed by atoms with Crippen molar-refractivity contribution in [2.75, 3.05) is 7.11 Å². The number of methoxy groups -OCH3 is 1. The van der Waals surface area contributed by atoms with Gasteiger partial charge in [0, 0.05) is 30.1 Å². The van der Waals surface area contributed by atoms with Crippen molar-refractivity contribution < 1.29 is 51.8 Å². The first-order chi connectivity index (χ1) is 17.4. The summed E-state index contributed by atoms with van der Waals surface area (Å²) in [4.78, 5) is 16.5. The molecule has 40 heavy (non-hydrogen) atoms. The number of rotatable bonds is 4. The van der Waals surface area contributed by atoms with Crippen LogP contribution < -0.4 is 0 Å². The SMILES string of the molecule is CC#N.COC(=O)c1cccc(C(n2ccc(C(C)(C)C)n2)n2ccc(C(C)(C)C)n2)n1.F[P-](F)(F)(F)(F)F.[Cu+]. The fraction of sp³-hybridized carbons (Fsp3) is 0.458. The number of pyridine rings is 1. The van der Waals surface area contributed by atoms with Crippen LogP contribution in [0.1, 0.15) is 82.2 Å². The second-order valence-electron chi connectivity index (χ2n) is 10.4. The number of aromatic nitrogens is 5. The van der Waals surface area contributed by atoms with Gasteiger partial charge in [-0.3, -0.25) is 0 Å². The van der Waals surface area contributed by atoms with Gasteiger partial charge < -0.3 is 4.74 Å². The molecule has 0 atom stereocenters. The molecule has 0 aromatic carbocycles. The second kappa shape index (κ2) is 12.3. The second-order valence-corrected chi connectivity index (χ2v) is 12.3. The summed E-state index contributed by atoms with van der Waals surface area (Å²) in [5, 5.41) is 16.9. The van der Waals surface area contributed by atoms with E-state index in [2.05, 4.69) is 46.5 Å². The largest absolute Gasteiger partial charge is 1.00 e. The molecule has 0 unspecified atom stereocenters. The summed E-state index contributed by atoms with van der Waals surface area (Å²) < 4.78 is 67.7. The fourth-order valence-electron chi connectivity index (χ4n) is 2.95. The van der Waals surface area contributed by atoms with Crippen molar-refractivity contribution in [3.8, 4) is 6.07 Å². The summed E-state index contributed by atoms with van der Waals surface area (Å²) in [6, 6.07) is 11.1. The Morgan fingerprint density at radius 2 is 1.27 bits per heavy atom. The quantitative estimate of drug-likeness (QED) is 0.124. The van der Waals surface area contributed by atoms with Crippen LogP contribution in [0.15, 0.2) is 42.7 Å². The average molecular weight is 645 g/mol. The Morgan fingerprint density at radius 3 is 1.57 bits per heavy atom. The smallest absolute Gasteiger partial charge is 1.00 e. The third-order valence-electron chi connectivity index (χ3n) is 4.68. The molecule has 3 heterocycles. The number of ether oxygens (including phenoxy) is 1. The van der Waals surface area contributed by atoms with Gasteiger partial charge in [0.25, 0.3) is 0 Å². The summed E-state index contributed by atoms with van der Waals surface area (Å²) in [6.45, 7) is 14.2. The molecule has 3 rings (SSSR count). The van der Waals surface area contributed by atoms with E-state index < -0.39 is 19.9 Å². The van der Waals surface area contributed by atoms with Crippen molar-refractivity contribution in [3.63, 3.8) is 0 Å². The molecule has 3 aromatic rings. The molecule has 0 bridgehead atoms. The van der Waals surface area contributed by atoms with Crippen molar-refractivity contribution in [2.45, 2.75) is 65.5 Å². The molecule has 0 saturated carbocycles. The number of nitrogens with zero attached hydrogens (tertiary/aromatic N) is 6. The van der Waals surface area contributed by atoms with Crippen molar-refractivity contribution >= 4 is 13.8 Å². The number of halogens is 6. The Morgan fingerprint density at radius 1 is 0.900 bits per heavy atom. The van der Waals surface area contributed by atoms with Crippen LogP contribution in [0, 0.1) is 11.3 Å². The van der Waals surface area contributed by atoms with Gasteiger partial charge in [0.2, 0.25) is 0 Å². The van der Waals surface area contributed by atoms with Crippen LogP contribution in [0.3, 0.4) is 0 Å². The van der Waals surface area contributed by atoms with E-state index in [-0.39, 0.29) is 33.6 Å². The first-order valence-electron chi connectivity index (χ1n) is 11.4. The number of nitriles is 1. The summed E-state index contributed by atoms with van der Waals surface area (Å²) in [7, 11) is -9.31. The molecule has 0 amide bonds. The summed E-state index contributed by atoms with van der Waals surface area (Å²) in [5.74, 6) is -0.475. The van der Waals surface area contributed by atoms with Crippen molar-refractivity contribution in [2.24, 2.45) is 0 Å². The van der Waals surface area contributed by atoms with E-state index in [0.29, 0.717) is 5.69 Å². The summed E-state index contributed by atoms with van der Waals surface area (Å²) in [5.41, 5.74) is 2.67. The number of hydrogen-bond donors (Lipinski definition) is 0. The standard InChI is InChI=1S/C22H29N5O2.C2H3N.Cu.F6P/c1-21(2,3)17-11-13-26(24-17)19(27-14-12-18(25-27)22(4,5)6)15-9-8-10-16(23-15)20(28)29-7;1-2-3;;1-7(2,3,4,5)6/h8-14,19H,1-7H3;1H3;;/q;;+1;-1. The third-order valence-corrected chi connectivity index (χ3v) is 4.68. The van der Waals surface area contributed by atoms with Crippen LogP contribution in [0.4, 0.5) is 25.2 Å². The molecule has 0 fully saturated rings. The zero-order valence-corrected chi connectivity index (χ0v) is 25.0. The molecule has 0 aliphatic carbocycles. The molecular formula is C24H32CuF6N6O2P. The first-order valence-corrected chi connectivity index (χ1v) is 13.4. The molecule has 0 aliphatic rings. The maximum atomic E-state index is 12.0. The molecule has 0 N–H and O–H groups in total. The van der Waals surface area contributed by atoms with Crippen LogP contribution in [-0.2, 0) is 32.6 Å². The van der Waals surface area contributed by atoms with Crippen LogP contribution >= 0.6 is 7.81 Å². The maximum absolute atomic E-state index is 12.0. The topological polar surface area (TPSA) is 98.6 Å². The normalized spacial score (nSPS) is 13.2. The van der Waals surface area contributed by atoms with Crippen LogP contribution in [0.5, 0.6) is 0 Å². The minimum Gasteiger partial charge on any atom is 1.00 e. The number of carbonyl (C=O) groups excluding carboxylic acids is 1. The Labute approximate surface area is 239 Å². The Kier molecular flexibility index (Phi) is 11.4. The van der Waals surface area contributed by atoms with E-state index in [1.807, 2.05) is 40.0 Å². The maximum Gasteiger partial charge on any atom is 1.00 e. The van der Waals surface area contributed by atoms with Gasteiger partial charge in [0.15, 0.2) is 6.17 Å². The van der Waals surface area contributed by atoms with E-state index in [1.54, 1.807) is 18.2 Å². The van der Waals surface area contributed by atoms with Gasteiger partial charge in [0.1, 0.15) is 5.69 Å². The van der Waals surface area contributed by atoms with Crippen molar-refractivity contribution in [1.82, 2.24) is 24.5 Å². The van der Waals surface area contributed by atoms with Crippen LogP contribution in [0.2, 0.25) is 0 Å². The van der Waals surface area contributed by atoms with Gasteiger partial charge in [-0.2, -0.15) is 15.5 Å². The zero-order chi connectivity index (χ0) is 30.5. The van der Waals surface area contributed by atoms with Crippen LogP contribution in [-0.4, -0.2) is 37.6 Å². The summed E-state index contributed by atoms with van der Waals surface area (Å²) >= 11 is 0. The molecule has 8 nitrogen and oxygen atoms in total. The molecule has 3 aromatic heterocycles. The molecular weight excluding hydrogens is 613 g/mol. The number of hydrogen-bond acceptors (Lipinski definition) is 6. The van der Waals surface area contributed by atoms with E-state index in [4.69, 9.17) is 20.2 Å². The van der Waals surface area contributed by atoms with E-state index >= 15 is 0 Å².